The Morgan fingerprint density at radius 3 is 2.43 bits per heavy atom. The fraction of sp³-hybridized carbons (Fsp3) is 0.0435. The van der Waals surface area contributed by atoms with Gasteiger partial charge in [-0.15, -0.1) is 0 Å². The Bertz CT molecular complexity index is 1160. The maximum atomic E-state index is 12.9. The average Bonchev–Trinajstić information content (AvgIpc) is 2.73. The van der Waals surface area contributed by atoms with Crippen LogP contribution >= 0.6 is 11.6 Å². The topological polar surface area (TPSA) is 48.4 Å². The van der Waals surface area contributed by atoms with Crippen molar-refractivity contribution in [2.75, 3.05) is 7.11 Å². The quantitative estimate of drug-likeness (QED) is 0.328. The van der Waals surface area contributed by atoms with Gasteiger partial charge in [0.15, 0.2) is 0 Å². The number of carbonyl (C=O) groups is 1. The molecule has 0 aliphatic heterocycles. The summed E-state index contributed by atoms with van der Waals surface area (Å²) >= 11 is 5.99. The minimum Gasteiger partial charge on any atom is -0.497 e. The molecule has 0 radical (unpaired) electrons. The number of esters is 1. The summed E-state index contributed by atoms with van der Waals surface area (Å²) in [7, 11) is 1.62. The number of hydrogen-bond acceptors (Lipinski definition) is 4. The molecule has 0 bridgehead atoms. The first-order valence-electron chi connectivity index (χ1n) is 8.66. The zero-order valence-electron chi connectivity index (χ0n) is 15.1. The number of fused-ring (bicyclic) bond motifs is 1. The molecule has 0 atom stereocenters. The van der Waals surface area contributed by atoms with E-state index < -0.39 is 5.97 Å². The van der Waals surface area contributed by atoms with Gasteiger partial charge in [-0.05, 0) is 54.6 Å². The van der Waals surface area contributed by atoms with Gasteiger partial charge in [0.05, 0.1) is 23.9 Å². The average molecular weight is 390 g/mol. The first kappa shape index (κ1) is 18.0. The summed E-state index contributed by atoms with van der Waals surface area (Å²) in [5.41, 5.74) is 2.72. The molecule has 0 saturated carbocycles. The Labute approximate surface area is 167 Å². The van der Waals surface area contributed by atoms with Gasteiger partial charge in [0.25, 0.3) is 0 Å². The zero-order valence-corrected chi connectivity index (χ0v) is 15.8. The molecule has 4 rings (SSSR count). The number of methoxy groups -OCH3 is 1. The second kappa shape index (κ2) is 7.71. The number of ether oxygens (including phenoxy) is 2. The minimum absolute atomic E-state index is 0.393. The lowest BCUT2D eigenvalue weighted by Gasteiger charge is -2.10. The molecule has 0 amide bonds. The maximum Gasteiger partial charge on any atom is 0.344 e. The predicted molar refractivity (Wildman–Crippen MR) is 110 cm³/mol. The van der Waals surface area contributed by atoms with Crippen molar-refractivity contribution in [3.63, 3.8) is 0 Å². The summed E-state index contributed by atoms with van der Waals surface area (Å²) < 4.78 is 10.8. The van der Waals surface area contributed by atoms with Crippen molar-refractivity contribution in [2.45, 2.75) is 0 Å². The van der Waals surface area contributed by atoms with Gasteiger partial charge in [0.2, 0.25) is 0 Å². The van der Waals surface area contributed by atoms with Crippen LogP contribution in [0.3, 0.4) is 0 Å². The number of pyridine rings is 1. The molecule has 28 heavy (non-hydrogen) atoms. The highest BCUT2D eigenvalue weighted by Crippen LogP contribution is 2.27. The molecule has 3 aromatic carbocycles. The van der Waals surface area contributed by atoms with Crippen LogP contribution in [0.4, 0.5) is 0 Å². The molecule has 0 saturated heterocycles. The number of rotatable bonds is 4. The third-order valence-corrected chi connectivity index (χ3v) is 4.56. The first-order valence-corrected chi connectivity index (χ1v) is 9.04. The van der Waals surface area contributed by atoms with Gasteiger partial charge < -0.3 is 9.47 Å². The summed E-state index contributed by atoms with van der Waals surface area (Å²) in [6.45, 7) is 0. The maximum absolute atomic E-state index is 12.9. The van der Waals surface area contributed by atoms with Gasteiger partial charge in [-0.1, -0.05) is 35.9 Å². The van der Waals surface area contributed by atoms with Crippen molar-refractivity contribution >= 4 is 28.5 Å². The van der Waals surface area contributed by atoms with Crippen LogP contribution in [-0.4, -0.2) is 18.1 Å². The van der Waals surface area contributed by atoms with E-state index in [2.05, 4.69) is 0 Å². The Hall–Kier alpha value is -3.37. The van der Waals surface area contributed by atoms with Crippen LogP contribution in [0.25, 0.3) is 22.2 Å². The third kappa shape index (κ3) is 3.68. The molecule has 0 N–H and O–H groups in total. The highest BCUT2D eigenvalue weighted by molar-refractivity contribution is 6.30. The molecular weight excluding hydrogens is 374 g/mol. The van der Waals surface area contributed by atoms with E-state index in [-0.39, 0.29) is 0 Å². The van der Waals surface area contributed by atoms with Gasteiger partial charge in [0.1, 0.15) is 11.5 Å². The molecule has 4 aromatic rings. The van der Waals surface area contributed by atoms with E-state index in [0.29, 0.717) is 27.5 Å². The van der Waals surface area contributed by atoms with Gasteiger partial charge in [0, 0.05) is 16.0 Å². The van der Waals surface area contributed by atoms with Crippen LogP contribution in [0.1, 0.15) is 10.4 Å². The van der Waals surface area contributed by atoms with E-state index in [4.69, 9.17) is 26.1 Å². The van der Waals surface area contributed by atoms with Crippen molar-refractivity contribution in [1.29, 1.82) is 0 Å². The molecule has 1 aromatic heterocycles. The summed E-state index contributed by atoms with van der Waals surface area (Å²) in [5.74, 6) is 0.685. The smallest absolute Gasteiger partial charge is 0.344 e. The Kier molecular flexibility index (Phi) is 4.96. The third-order valence-electron chi connectivity index (χ3n) is 4.33. The molecule has 0 spiro atoms. The van der Waals surface area contributed by atoms with E-state index in [1.807, 2.05) is 48.5 Å². The second-order valence-electron chi connectivity index (χ2n) is 6.15. The fourth-order valence-corrected chi connectivity index (χ4v) is 3.13. The van der Waals surface area contributed by atoms with Crippen LogP contribution in [-0.2, 0) is 0 Å². The summed E-state index contributed by atoms with van der Waals surface area (Å²) in [6, 6.07) is 23.5. The first-order chi connectivity index (χ1) is 13.6. The monoisotopic (exact) mass is 389 g/mol. The lowest BCUT2D eigenvalue weighted by atomic mass is 10.0. The van der Waals surface area contributed by atoms with E-state index in [1.54, 1.807) is 37.4 Å². The number of carbonyl (C=O) groups excluding carboxylic acids is 1. The number of para-hydroxylation sites is 1. The SMILES string of the molecule is COc1ccc(-c2cc(C(=O)Oc3cccc(Cl)c3)c3ccccc3n2)cc1. The van der Waals surface area contributed by atoms with Gasteiger partial charge >= 0.3 is 5.97 Å². The van der Waals surface area contributed by atoms with Crippen LogP contribution < -0.4 is 9.47 Å². The van der Waals surface area contributed by atoms with Crippen molar-refractivity contribution in [3.05, 3.63) is 89.4 Å². The molecule has 5 heteroatoms. The molecule has 4 nitrogen and oxygen atoms in total. The molecule has 0 fully saturated rings. The highest BCUT2D eigenvalue weighted by atomic mass is 35.5. The van der Waals surface area contributed by atoms with Crippen molar-refractivity contribution in [2.24, 2.45) is 0 Å². The van der Waals surface area contributed by atoms with Gasteiger partial charge in [-0.2, -0.15) is 0 Å². The van der Waals surface area contributed by atoms with Crippen LogP contribution in [0, 0.1) is 0 Å². The van der Waals surface area contributed by atoms with Crippen LogP contribution in [0.2, 0.25) is 5.02 Å². The second-order valence-corrected chi connectivity index (χ2v) is 6.58. The number of benzene rings is 3. The summed E-state index contributed by atoms with van der Waals surface area (Å²) in [4.78, 5) is 17.6. The summed E-state index contributed by atoms with van der Waals surface area (Å²) in [5, 5.41) is 1.23. The zero-order chi connectivity index (χ0) is 19.5. The molecule has 0 aliphatic carbocycles. The highest BCUT2D eigenvalue weighted by Gasteiger charge is 2.16. The van der Waals surface area contributed by atoms with Crippen LogP contribution in [0.15, 0.2) is 78.9 Å². The normalized spacial score (nSPS) is 10.6. The van der Waals surface area contributed by atoms with Crippen molar-refractivity contribution in [1.82, 2.24) is 4.98 Å². The molecule has 138 valence electrons. The van der Waals surface area contributed by atoms with Crippen molar-refractivity contribution in [3.8, 4) is 22.8 Å². The van der Waals surface area contributed by atoms with Crippen LogP contribution in [0.5, 0.6) is 11.5 Å². The predicted octanol–water partition coefficient (Wildman–Crippen LogP) is 5.78. The van der Waals surface area contributed by atoms with E-state index in [1.165, 1.54) is 0 Å². The largest absolute Gasteiger partial charge is 0.497 e. The van der Waals surface area contributed by atoms with Crippen molar-refractivity contribution < 1.29 is 14.3 Å². The Balaban J connectivity index is 1.78. The molecule has 0 unspecified atom stereocenters. The molecular formula is C23H16ClNO3. The van der Waals surface area contributed by atoms with Gasteiger partial charge in [-0.3, -0.25) is 0 Å². The van der Waals surface area contributed by atoms with E-state index in [0.717, 1.165) is 16.7 Å². The standard InChI is InChI=1S/C23H16ClNO3/c1-27-17-11-9-15(10-12-17)22-14-20(19-7-2-3-8-21(19)25-22)23(26)28-18-6-4-5-16(24)13-18/h2-14H,1H3. The summed E-state index contributed by atoms with van der Waals surface area (Å²) in [6.07, 6.45) is 0. The van der Waals surface area contributed by atoms with Gasteiger partial charge in [-0.25, -0.2) is 9.78 Å². The lowest BCUT2D eigenvalue weighted by Crippen LogP contribution is -2.10. The molecule has 0 aliphatic rings. The lowest BCUT2D eigenvalue weighted by molar-refractivity contribution is 0.0737. The van der Waals surface area contributed by atoms with E-state index >= 15 is 0 Å². The Morgan fingerprint density at radius 2 is 1.68 bits per heavy atom. The Morgan fingerprint density at radius 1 is 0.893 bits per heavy atom. The minimum atomic E-state index is -0.462. The number of hydrogen-bond donors (Lipinski definition) is 0. The fourth-order valence-electron chi connectivity index (χ4n) is 2.95. The number of aromatic nitrogens is 1. The number of nitrogens with zero attached hydrogens (tertiary/aromatic N) is 1. The van der Waals surface area contributed by atoms with E-state index in [9.17, 15) is 4.79 Å². The molecule has 1 heterocycles. The number of halogens is 1.